The van der Waals surface area contributed by atoms with E-state index in [2.05, 4.69) is 5.32 Å². The van der Waals surface area contributed by atoms with Gasteiger partial charge in [-0.1, -0.05) is 72.3 Å². The normalized spacial score (nSPS) is 17.7. The van der Waals surface area contributed by atoms with Gasteiger partial charge in [-0.05, 0) is 42.8 Å². The van der Waals surface area contributed by atoms with Gasteiger partial charge >= 0.3 is 17.9 Å². The largest absolute Gasteiger partial charge is 0.425 e. The summed E-state index contributed by atoms with van der Waals surface area (Å²) < 4.78 is 10.7. The molecule has 0 saturated carbocycles. The summed E-state index contributed by atoms with van der Waals surface area (Å²) >= 11 is 6.20. The van der Waals surface area contributed by atoms with Gasteiger partial charge in [0.25, 0.3) is 0 Å². The minimum absolute atomic E-state index is 0.324. The van der Waals surface area contributed by atoms with E-state index >= 15 is 0 Å². The fourth-order valence-corrected chi connectivity index (χ4v) is 4.25. The molecule has 1 aliphatic heterocycles. The van der Waals surface area contributed by atoms with Gasteiger partial charge < -0.3 is 14.8 Å². The molecule has 0 spiro atoms. The molecule has 0 radical (unpaired) electrons. The van der Waals surface area contributed by atoms with Gasteiger partial charge in [-0.2, -0.15) is 0 Å². The molecule has 0 bridgehead atoms. The molecule has 33 heavy (non-hydrogen) atoms. The Kier molecular flexibility index (Phi) is 6.58. The molecule has 3 aromatic rings. The number of benzene rings is 3. The average Bonchev–Trinajstić information content (AvgIpc) is 3.09. The monoisotopic (exact) mass is 463 g/mol. The fraction of sp³-hybridized carbons (Fsp3) is 0.192. The SMILES string of the molecule is CN[C@@H](Cc1ccccc1)C(=O)OC(=O)CC1(c2ccccc2)C(=O)Oc2ccc(Cl)cc21. The van der Waals surface area contributed by atoms with Crippen LogP contribution in [0.3, 0.4) is 0 Å². The first kappa shape index (κ1) is 22.7. The highest BCUT2D eigenvalue weighted by molar-refractivity contribution is 6.30. The molecule has 1 heterocycles. The lowest BCUT2D eigenvalue weighted by atomic mass is 9.73. The zero-order chi connectivity index (χ0) is 23.4. The summed E-state index contributed by atoms with van der Waals surface area (Å²) in [6.45, 7) is 0. The minimum Gasteiger partial charge on any atom is -0.425 e. The van der Waals surface area contributed by atoms with Crippen LogP contribution in [0.4, 0.5) is 0 Å². The predicted molar refractivity (Wildman–Crippen MR) is 123 cm³/mol. The molecule has 1 N–H and O–H groups in total. The number of likely N-dealkylation sites (N-methyl/N-ethyl adjacent to an activating group) is 1. The highest BCUT2D eigenvalue weighted by atomic mass is 35.5. The van der Waals surface area contributed by atoms with E-state index in [1.54, 1.807) is 55.6 Å². The van der Waals surface area contributed by atoms with Crippen molar-refractivity contribution < 1.29 is 23.9 Å². The molecular formula is C26H22ClNO5. The summed E-state index contributed by atoms with van der Waals surface area (Å²) in [6, 6.07) is 22.3. The Labute approximate surface area is 196 Å². The number of rotatable bonds is 7. The number of hydrogen-bond acceptors (Lipinski definition) is 6. The molecule has 0 fully saturated rings. The Morgan fingerprint density at radius 1 is 1.03 bits per heavy atom. The Hall–Kier alpha value is -3.48. The van der Waals surface area contributed by atoms with Gasteiger partial charge in [0, 0.05) is 10.6 Å². The lowest BCUT2D eigenvalue weighted by Crippen LogP contribution is -2.41. The number of carbonyl (C=O) groups excluding carboxylic acids is 3. The van der Waals surface area contributed by atoms with Gasteiger partial charge in [0.2, 0.25) is 0 Å². The molecular weight excluding hydrogens is 442 g/mol. The highest BCUT2D eigenvalue weighted by Crippen LogP contribution is 2.47. The molecule has 6 nitrogen and oxygen atoms in total. The maximum Gasteiger partial charge on any atom is 0.331 e. The number of halogens is 1. The van der Waals surface area contributed by atoms with Crippen LogP contribution in [0, 0.1) is 0 Å². The number of hydrogen-bond donors (Lipinski definition) is 1. The molecule has 1 unspecified atom stereocenters. The van der Waals surface area contributed by atoms with Crippen molar-refractivity contribution in [1.82, 2.24) is 5.32 Å². The summed E-state index contributed by atoms with van der Waals surface area (Å²) in [5.41, 5.74) is 0.470. The molecule has 168 valence electrons. The Bertz CT molecular complexity index is 1180. The average molecular weight is 464 g/mol. The number of esters is 3. The molecule has 7 heteroatoms. The second kappa shape index (κ2) is 9.57. The van der Waals surface area contributed by atoms with E-state index in [4.69, 9.17) is 21.1 Å². The molecule has 0 amide bonds. The maximum atomic E-state index is 13.1. The number of nitrogens with one attached hydrogen (secondary N) is 1. The molecule has 1 aliphatic rings. The summed E-state index contributed by atoms with van der Waals surface area (Å²) in [5.74, 6) is -1.84. The quantitative estimate of drug-likeness (QED) is 0.326. The van der Waals surface area contributed by atoms with E-state index in [1.807, 2.05) is 30.3 Å². The summed E-state index contributed by atoms with van der Waals surface area (Å²) in [6.07, 6.45) is -0.0511. The fourth-order valence-electron chi connectivity index (χ4n) is 4.08. The molecule has 3 aromatic carbocycles. The van der Waals surface area contributed by atoms with E-state index in [1.165, 1.54) is 0 Å². The van der Waals surface area contributed by atoms with Gasteiger partial charge in [0.05, 0.1) is 6.42 Å². The Morgan fingerprint density at radius 2 is 1.70 bits per heavy atom. The van der Waals surface area contributed by atoms with Crippen LogP contribution in [0.5, 0.6) is 5.75 Å². The van der Waals surface area contributed by atoms with E-state index < -0.39 is 35.8 Å². The van der Waals surface area contributed by atoms with Crippen molar-refractivity contribution in [3.8, 4) is 5.75 Å². The van der Waals surface area contributed by atoms with Gasteiger partial charge in [0.1, 0.15) is 17.2 Å². The third-order valence-corrected chi connectivity index (χ3v) is 5.99. The van der Waals surface area contributed by atoms with Crippen molar-refractivity contribution in [2.45, 2.75) is 24.3 Å². The van der Waals surface area contributed by atoms with Crippen LogP contribution < -0.4 is 10.1 Å². The lowest BCUT2D eigenvalue weighted by molar-refractivity contribution is -0.163. The van der Waals surface area contributed by atoms with Crippen LogP contribution in [0.2, 0.25) is 5.02 Å². The lowest BCUT2D eigenvalue weighted by Gasteiger charge is -2.26. The van der Waals surface area contributed by atoms with Crippen molar-refractivity contribution in [2.24, 2.45) is 0 Å². The van der Waals surface area contributed by atoms with Crippen LogP contribution in [0.25, 0.3) is 0 Å². The number of carbonyl (C=O) groups is 3. The zero-order valence-corrected chi connectivity index (χ0v) is 18.7. The third kappa shape index (κ3) is 4.53. The Morgan fingerprint density at radius 3 is 2.36 bits per heavy atom. The smallest absolute Gasteiger partial charge is 0.331 e. The van der Waals surface area contributed by atoms with E-state index in [-0.39, 0.29) is 0 Å². The first-order chi connectivity index (χ1) is 15.9. The molecule has 0 aliphatic carbocycles. The van der Waals surface area contributed by atoms with E-state index in [0.29, 0.717) is 28.3 Å². The zero-order valence-electron chi connectivity index (χ0n) is 17.9. The van der Waals surface area contributed by atoms with Gasteiger partial charge in [-0.25, -0.2) is 4.79 Å². The van der Waals surface area contributed by atoms with Crippen LogP contribution in [-0.2, 0) is 31.0 Å². The summed E-state index contributed by atoms with van der Waals surface area (Å²) in [5, 5.41) is 3.28. The molecule has 0 saturated heterocycles. The highest BCUT2D eigenvalue weighted by Gasteiger charge is 2.52. The first-order valence-corrected chi connectivity index (χ1v) is 10.9. The van der Waals surface area contributed by atoms with Gasteiger partial charge in [-0.15, -0.1) is 0 Å². The van der Waals surface area contributed by atoms with Crippen LogP contribution in [-0.4, -0.2) is 31.0 Å². The van der Waals surface area contributed by atoms with Crippen molar-refractivity contribution in [1.29, 1.82) is 0 Å². The second-order valence-electron chi connectivity index (χ2n) is 7.80. The van der Waals surface area contributed by atoms with Crippen molar-refractivity contribution in [2.75, 3.05) is 7.05 Å². The van der Waals surface area contributed by atoms with Crippen molar-refractivity contribution >= 4 is 29.5 Å². The molecule has 0 aromatic heterocycles. The van der Waals surface area contributed by atoms with Crippen LogP contribution in [0.1, 0.15) is 23.1 Å². The topological polar surface area (TPSA) is 81.7 Å². The maximum absolute atomic E-state index is 13.1. The summed E-state index contributed by atoms with van der Waals surface area (Å²) in [7, 11) is 1.62. The van der Waals surface area contributed by atoms with Crippen molar-refractivity contribution in [3.05, 3.63) is 101 Å². The van der Waals surface area contributed by atoms with E-state index in [0.717, 1.165) is 5.56 Å². The number of fused-ring (bicyclic) bond motifs is 1. The summed E-state index contributed by atoms with van der Waals surface area (Å²) in [4.78, 5) is 38.9. The minimum atomic E-state index is -1.46. The Balaban J connectivity index is 1.61. The molecule has 2 atom stereocenters. The first-order valence-electron chi connectivity index (χ1n) is 10.5. The standard InChI is InChI=1S/C26H22ClNO5/c1-28-21(14-17-8-4-2-5-9-17)24(30)33-23(29)16-26(18-10-6-3-7-11-18)20-15-19(27)12-13-22(20)32-25(26)31/h2-13,15,21,28H,14,16H2,1H3/t21-,26?/m0/s1. The number of ether oxygens (including phenoxy) is 2. The van der Waals surface area contributed by atoms with E-state index in [9.17, 15) is 14.4 Å². The van der Waals surface area contributed by atoms with Crippen LogP contribution >= 0.6 is 11.6 Å². The molecule has 4 rings (SSSR count). The third-order valence-electron chi connectivity index (χ3n) is 5.76. The van der Waals surface area contributed by atoms with Gasteiger partial charge in [-0.3, -0.25) is 9.59 Å². The van der Waals surface area contributed by atoms with Gasteiger partial charge in [0.15, 0.2) is 0 Å². The van der Waals surface area contributed by atoms with Crippen molar-refractivity contribution in [3.63, 3.8) is 0 Å². The second-order valence-corrected chi connectivity index (χ2v) is 8.24. The van der Waals surface area contributed by atoms with Crippen LogP contribution in [0.15, 0.2) is 78.9 Å². The predicted octanol–water partition coefficient (Wildman–Crippen LogP) is 3.84.